The Labute approximate surface area is 89.1 Å². The first kappa shape index (κ1) is 12.0. The van der Waals surface area contributed by atoms with Crippen molar-refractivity contribution in [3.63, 3.8) is 0 Å². The number of nitrogens with zero attached hydrogens (tertiary/aromatic N) is 1. The van der Waals surface area contributed by atoms with Gasteiger partial charge in [0.2, 0.25) is 0 Å². The molecule has 84 valence electrons. The van der Waals surface area contributed by atoms with Gasteiger partial charge in [-0.1, -0.05) is 20.3 Å². The van der Waals surface area contributed by atoms with Gasteiger partial charge in [-0.3, -0.25) is 0 Å². The molecule has 1 aliphatic heterocycles. The third-order valence-electron chi connectivity index (χ3n) is 3.26. The van der Waals surface area contributed by atoms with Crippen molar-refractivity contribution in [1.82, 2.24) is 10.2 Å². The highest BCUT2D eigenvalue weighted by atomic mass is 15.2. The Bertz CT molecular complexity index is 133. The van der Waals surface area contributed by atoms with Gasteiger partial charge in [-0.15, -0.1) is 0 Å². The molecule has 0 amide bonds. The van der Waals surface area contributed by atoms with Gasteiger partial charge in [0.15, 0.2) is 0 Å². The van der Waals surface area contributed by atoms with Crippen molar-refractivity contribution in [1.29, 1.82) is 0 Å². The minimum absolute atomic E-state index is 0.729. The van der Waals surface area contributed by atoms with Crippen molar-refractivity contribution in [3.05, 3.63) is 0 Å². The van der Waals surface area contributed by atoms with Crippen molar-refractivity contribution in [2.45, 2.75) is 45.6 Å². The molecule has 2 nitrogen and oxygen atoms in total. The summed E-state index contributed by atoms with van der Waals surface area (Å²) in [7, 11) is 2.10. The molecule has 2 atom stereocenters. The van der Waals surface area contributed by atoms with Crippen LogP contribution in [0, 0.1) is 5.92 Å². The lowest BCUT2D eigenvalue weighted by molar-refractivity contribution is 0.139. The lowest BCUT2D eigenvalue weighted by Gasteiger charge is -2.37. The average Bonchev–Trinajstić information content (AvgIpc) is 2.18. The second-order valence-corrected chi connectivity index (χ2v) is 4.64. The van der Waals surface area contributed by atoms with Gasteiger partial charge in [0.05, 0.1) is 0 Å². The highest BCUT2D eigenvalue weighted by Gasteiger charge is 2.24. The van der Waals surface area contributed by atoms with Gasteiger partial charge in [-0.05, 0) is 38.8 Å². The number of likely N-dealkylation sites (N-methyl/N-ethyl adjacent to an activating group) is 1. The molecule has 14 heavy (non-hydrogen) atoms. The Kier molecular flexibility index (Phi) is 5.49. The first-order valence-electron chi connectivity index (χ1n) is 6.19. The number of nitrogens with one attached hydrogen (secondary N) is 1. The Balaban J connectivity index is 2.39. The van der Waals surface area contributed by atoms with Crippen LogP contribution in [0.1, 0.15) is 39.5 Å². The largest absolute Gasteiger partial charge is 0.316 e. The van der Waals surface area contributed by atoms with Gasteiger partial charge < -0.3 is 10.2 Å². The molecule has 0 aliphatic carbocycles. The molecule has 2 heteroatoms. The minimum Gasteiger partial charge on any atom is -0.316 e. The number of rotatable bonds is 5. The molecule has 1 aliphatic rings. The second-order valence-electron chi connectivity index (χ2n) is 4.64. The van der Waals surface area contributed by atoms with Crippen LogP contribution in [0.4, 0.5) is 0 Å². The molecule has 0 bridgehead atoms. The first-order valence-corrected chi connectivity index (χ1v) is 6.19. The molecule has 0 aromatic rings. The molecule has 0 spiro atoms. The van der Waals surface area contributed by atoms with Crippen LogP contribution in [0.15, 0.2) is 0 Å². The Morgan fingerprint density at radius 3 is 2.57 bits per heavy atom. The molecule has 0 saturated carbocycles. The predicted molar refractivity (Wildman–Crippen MR) is 62.6 cm³/mol. The topological polar surface area (TPSA) is 15.3 Å². The maximum atomic E-state index is 3.44. The van der Waals surface area contributed by atoms with E-state index in [1.807, 2.05) is 0 Å². The fourth-order valence-electron chi connectivity index (χ4n) is 2.63. The lowest BCUT2D eigenvalue weighted by atomic mass is 9.90. The van der Waals surface area contributed by atoms with Crippen molar-refractivity contribution in [2.75, 3.05) is 26.7 Å². The van der Waals surface area contributed by atoms with E-state index in [0.29, 0.717) is 0 Å². The maximum absolute atomic E-state index is 3.44. The van der Waals surface area contributed by atoms with Crippen molar-refractivity contribution in [3.8, 4) is 0 Å². The summed E-state index contributed by atoms with van der Waals surface area (Å²) in [6, 6.07) is 0.729. The van der Waals surface area contributed by atoms with Crippen LogP contribution in [-0.4, -0.2) is 37.6 Å². The van der Waals surface area contributed by atoms with Crippen molar-refractivity contribution >= 4 is 0 Å². The molecule has 0 radical (unpaired) electrons. The smallest absolute Gasteiger partial charge is 0.0195 e. The summed E-state index contributed by atoms with van der Waals surface area (Å²) in [4.78, 5) is 2.63. The van der Waals surface area contributed by atoms with Gasteiger partial charge >= 0.3 is 0 Å². The highest BCUT2D eigenvalue weighted by molar-refractivity contribution is 4.82. The number of piperidine rings is 1. The summed E-state index contributed by atoms with van der Waals surface area (Å²) in [6.07, 6.45) is 5.40. The fourth-order valence-corrected chi connectivity index (χ4v) is 2.63. The van der Waals surface area contributed by atoms with E-state index in [1.165, 1.54) is 45.3 Å². The molecule has 0 aromatic carbocycles. The fraction of sp³-hybridized carbons (Fsp3) is 1.00. The molecule has 1 saturated heterocycles. The number of hydrogen-bond donors (Lipinski definition) is 1. The van der Waals surface area contributed by atoms with Crippen molar-refractivity contribution < 1.29 is 0 Å². The summed E-state index contributed by atoms with van der Waals surface area (Å²) >= 11 is 0. The summed E-state index contributed by atoms with van der Waals surface area (Å²) < 4.78 is 0. The quantitative estimate of drug-likeness (QED) is 0.728. The Morgan fingerprint density at radius 1 is 1.21 bits per heavy atom. The van der Waals surface area contributed by atoms with E-state index < -0.39 is 0 Å². The monoisotopic (exact) mass is 198 g/mol. The maximum Gasteiger partial charge on any atom is 0.0195 e. The van der Waals surface area contributed by atoms with E-state index in [-0.39, 0.29) is 0 Å². The van der Waals surface area contributed by atoms with Gasteiger partial charge in [0, 0.05) is 19.1 Å². The zero-order valence-electron chi connectivity index (χ0n) is 10.1. The van der Waals surface area contributed by atoms with Crippen LogP contribution in [-0.2, 0) is 0 Å². The first-order chi connectivity index (χ1) is 6.80. The van der Waals surface area contributed by atoms with Crippen LogP contribution in [0.2, 0.25) is 0 Å². The molecule has 2 unspecified atom stereocenters. The Hall–Kier alpha value is -0.0800. The molecular formula is C12H26N2. The number of hydrogen-bond acceptors (Lipinski definition) is 2. The summed E-state index contributed by atoms with van der Waals surface area (Å²) in [6.45, 7) is 8.44. The molecule has 1 heterocycles. The summed E-state index contributed by atoms with van der Waals surface area (Å²) in [5.74, 6) is 0.928. The minimum atomic E-state index is 0.729. The van der Waals surface area contributed by atoms with E-state index in [9.17, 15) is 0 Å². The van der Waals surface area contributed by atoms with Crippen LogP contribution in [0.3, 0.4) is 0 Å². The zero-order valence-corrected chi connectivity index (χ0v) is 10.1. The van der Waals surface area contributed by atoms with Gasteiger partial charge in [0.25, 0.3) is 0 Å². The van der Waals surface area contributed by atoms with Crippen LogP contribution in [0.5, 0.6) is 0 Å². The molecule has 1 fully saturated rings. The van der Waals surface area contributed by atoms with Crippen molar-refractivity contribution in [2.24, 2.45) is 5.92 Å². The summed E-state index contributed by atoms with van der Waals surface area (Å²) in [5.41, 5.74) is 0. The zero-order chi connectivity index (χ0) is 10.4. The highest BCUT2D eigenvalue weighted by Crippen LogP contribution is 2.21. The van der Waals surface area contributed by atoms with E-state index in [2.05, 4.69) is 31.1 Å². The average molecular weight is 198 g/mol. The third kappa shape index (κ3) is 3.58. The Morgan fingerprint density at radius 2 is 2.00 bits per heavy atom. The van der Waals surface area contributed by atoms with Crippen LogP contribution < -0.4 is 5.32 Å². The van der Waals surface area contributed by atoms with E-state index in [1.54, 1.807) is 0 Å². The molecule has 0 aromatic heterocycles. The SMILES string of the molecule is CCCC1CC(NC)CN(CCC)C1. The van der Waals surface area contributed by atoms with Gasteiger partial charge in [0.1, 0.15) is 0 Å². The van der Waals surface area contributed by atoms with Gasteiger partial charge in [-0.2, -0.15) is 0 Å². The second kappa shape index (κ2) is 6.41. The van der Waals surface area contributed by atoms with E-state index in [0.717, 1.165) is 12.0 Å². The third-order valence-corrected chi connectivity index (χ3v) is 3.26. The summed E-state index contributed by atoms with van der Waals surface area (Å²) in [5, 5.41) is 3.44. The van der Waals surface area contributed by atoms with Crippen LogP contribution in [0.25, 0.3) is 0 Å². The standard InChI is InChI=1S/C12H26N2/c1-4-6-11-8-12(13-3)10-14(9-11)7-5-2/h11-13H,4-10H2,1-3H3. The lowest BCUT2D eigenvalue weighted by Crippen LogP contribution is -2.48. The van der Waals surface area contributed by atoms with Gasteiger partial charge in [-0.25, -0.2) is 0 Å². The van der Waals surface area contributed by atoms with E-state index in [4.69, 9.17) is 0 Å². The predicted octanol–water partition coefficient (Wildman–Crippen LogP) is 2.11. The molecule has 1 N–H and O–H groups in total. The molecule has 1 rings (SSSR count). The normalized spacial score (nSPS) is 29.4. The van der Waals surface area contributed by atoms with E-state index >= 15 is 0 Å². The van der Waals surface area contributed by atoms with Crippen LogP contribution >= 0.6 is 0 Å². The number of likely N-dealkylation sites (tertiary alicyclic amines) is 1. The molecular weight excluding hydrogens is 172 g/mol.